The van der Waals surface area contributed by atoms with Gasteiger partial charge < -0.3 is 4.74 Å². The van der Waals surface area contributed by atoms with Crippen LogP contribution in [0.15, 0.2) is 36.5 Å². The van der Waals surface area contributed by atoms with Crippen molar-refractivity contribution >= 4 is 11.8 Å². The molecule has 0 fully saturated rings. The SMILES string of the molecule is C[CH]COc1ncc(F)cc1CN1C(=O)c2ccccc2C1=O. The number of fused-ring (bicyclic) bond motifs is 1. The molecule has 117 valence electrons. The predicted octanol–water partition coefficient (Wildman–Crippen LogP) is 2.62. The van der Waals surface area contributed by atoms with E-state index in [-0.39, 0.29) is 12.4 Å². The number of pyridine rings is 1. The molecule has 2 amide bonds. The number of carbonyl (C=O) groups excluding carboxylic acids is 2. The Morgan fingerprint density at radius 3 is 2.48 bits per heavy atom. The van der Waals surface area contributed by atoms with Crippen LogP contribution in [0, 0.1) is 12.2 Å². The minimum Gasteiger partial charge on any atom is -0.477 e. The molecule has 0 bridgehead atoms. The van der Waals surface area contributed by atoms with Gasteiger partial charge in [0.15, 0.2) is 0 Å². The molecule has 0 N–H and O–H groups in total. The van der Waals surface area contributed by atoms with E-state index >= 15 is 0 Å². The van der Waals surface area contributed by atoms with Gasteiger partial charge in [-0.1, -0.05) is 19.1 Å². The van der Waals surface area contributed by atoms with Crippen molar-refractivity contribution in [2.45, 2.75) is 13.5 Å². The van der Waals surface area contributed by atoms with E-state index in [0.29, 0.717) is 23.3 Å². The Kier molecular flexibility index (Phi) is 4.06. The number of benzene rings is 1. The van der Waals surface area contributed by atoms with E-state index in [9.17, 15) is 14.0 Å². The zero-order valence-corrected chi connectivity index (χ0v) is 12.5. The molecule has 1 aliphatic rings. The van der Waals surface area contributed by atoms with Crippen molar-refractivity contribution in [3.63, 3.8) is 0 Å². The Labute approximate surface area is 132 Å². The van der Waals surface area contributed by atoms with Crippen LogP contribution in [0.4, 0.5) is 4.39 Å². The van der Waals surface area contributed by atoms with Crippen molar-refractivity contribution in [3.8, 4) is 5.88 Å². The molecular weight excluding hydrogens is 299 g/mol. The number of aromatic nitrogens is 1. The second-order valence-electron chi connectivity index (χ2n) is 5.08. The van der Waals surface area contributed by atoms with Crippen LogP contribution < -0.4 is 4.74 Å². The predicted molar refractivity (Wildman–Crippen MR) is 80.3 cm³/mol. The van der Waals surface area contributed by atoms with Gasteiger partial charge in [-0.05, 0) is 24.6 Å². The lowest BCUT2D eigenvalue weighted by Crippen LogP contribution is -2.29. The Morgan fingerprint density at radius 2 is 1.87 bits per heavy atom. The van der Waals surface area contributed by atoms with Crippen molar-refractivity contribution in [2.24, 2.45) is 0 Å². The monoisotopic (exact) mass is 313 g/mol. The lowest BCUT2D eigenvalue weighted by Gasteiger charge is -2.16. The van der Waals surface area contributed by atoms with E-state index in [0.717, 1.165) is 11.1 Å². The minimum absolute atomic E-state index is 0.0871. The Balaban J connectivity index is 1.90. The van der Waals surface area contributed by atoms with Gasteiger partial charge >= 0.3 is 0 Å². The summed E-state index contributed by atoms with van der Waals surface area (Å²) in [5, 5.41) is 0. The molecule has 0 saturated heterocycles. The Morgan fingerprint density at radius 1 is 1.22 bits per heavy atom. The fourth-order valence-corrected chi connectivity index (χ4v) is 2.43. The second-order valence-corrected chi connectivity index (χ2v) is 5.08. The maximum atomic E-state index is 13.5. The molecule has 1 aliphatic heterocycles. The highest BCUT2D eigenvalue weighted by Crippen LogP contribution is 2.26. The molecule has 1 aromatic carbocycles. The van der Waals surface area contributed by atoms with Crippen LogP contribution in [0.3, 0.4) is 0 Å². The number of carbonyl (C=O) groups is 2. The molecule has 1 aromatic heterocycles. The van der Waals surface area contributed by atoms with E-state index in [1.54, 1.807) is 30.7 Å². The first-order chi connectivity index (χ1) is 11.1. The molecule has 0 spiro atoms. The average molecular weight is 313 g/mol. The summed E-state index contributed by atoms with van der Waals surface area (Å²) in [7, 11) is 0. The summed E-state index contributed by atoms with van der Waals surface area (Å²) in [6, 6.07) is 7.82. The van der Waals surface area contributed by atoms with Gasteiger partial charge in [-0.15, -0.1) is 0 Å². The van der Waals surface area contributed by atoms with E-state index in [2.05, 4.69) is 4.98 Å². The third-order valence-corrected chi connectivity index (χ3v) is 3.49. The van der Waals surface area contributed by atoms with Gasteiger partial charge in [0.05, 0.1) is 30.5 Å². The summed E-state index contributed by atoms with van der Waals surface area (Å²) >= 11 is 0. The number of nitrogens with zero attached hydrogens (tertiary/aromatic N) is 2. The maximum absolute atomic E-state index is 13.5. The number of hydrogen-bond acceptors (Lipinski definition) is 4. The smallest absolute Gasteiger partial charge is 0.261 e. The first-order valence-electron chi connectivity index (χ1n) is 7.12. The molecule has 1 radical (unpaired) electrons. The summed E-state index contributed by atoms with van der Waals surface area (Å²) in [5.74, 6) is -1.14. The van der Waals surface area contributed by atoms with Crippen molar-refractivity contribution in [3.05, 3.63) is 65.5 Å². The van der Waals surface area contributed by atoms with Crippen LogP contribution in [0.25, 0.3) is 0 Å². The summed E-state index contributed by atoms with van der Waals surface area (Å²) in [6.45, 7) is 2.03. The van der Waals surface area contributed by atoms with Gasteiger partial charge in [0, 0.05) is 5.56 Å². The van der Waals surface area contributed by atoms with Gasteiger partial charge in [0.25, 0.3) is 11.8 Å². The number of imide groups is 1. The summed E-state index contributed by atoms with van der Waals surface area (Å²) in [5.41, 5.74) is 1.05. The lowest BCUT2D eigenvalue weighted by atomic mass is 10.1. The van der Waals surface area contributed by atoms with Crippen molar-refractivity contribution in [2.75, 3.05) is 6.61 Å². The normalized spacial score (nSPS) is 13.4. The summed E-state index contributed by atoms with van der Waals surface area (Å²) in [6.07, 6.45) is 2.81. The van der Waals surface area contributed by atoms with Crippen LogP contribution in [0.5, 0.6) is 5.88 Å². The highest BCUT2D eigenvalue weighted by molar-refractivity contribution is 6.21. The number of rotatable bonds is 5. The van der Waals surface area contributed by atoms with Crippen LogP contribution in [0.2, 0.25) is 0 Å². The van der Waals surface area contributed by atoms with E-state index in [4.69, 9.17) is 4.74 Å². The molecule has 6 heteroatoms. The van der Waals surface area contributed by atoms with Crippen LogP contribution in [0.1, 0.15) is 33.2 Å². The Bertz CT molecular complexity index is 741. The van der Waals surface area contributed by atoms with E-state index in [1.165, 1.54) is 6.07 Å². The van der Waals surface area contributed by atoms with E-state index in [1.807, 2.05) is 6.92 Å². The van der Waals surface area contributed by atoms with Gasteiger partial charge in [-0.25, -0.2) is 9.37 Å². The maximum Gasteiger partial charge on any atom is 0.261 e. The fourth-order valence-electron chi connectivity index (χ4n) is 2.43. The molecule has 0 saturated carbocycles. The third kappa shape index (κ3) is 2.79. The van der Waals surface area contributed by atoms with Crippen LogP contribution in [-0.2, 0) is 6.54 Å². The van der Waals surface area contributed by atoms with Crippen molar-refractivity contribution < 1.29 is 18.7 Å². The molecule has 3 rings (SSSR count). The first-order valence-corrected chi connectivity index (χ1v) is 7.12. The molecule has 23 heavy (non-hydrogen) atoms. The van der Waals surface area contributed by atoms with Gasteiger partial charge in [-0.2, -0.15) is 0 Å². The molecular formula is C17H14FN2O3. The van der Waals surface area contributed by atoms with E-state index < -0.39 is 17.6 Å². The van der Waals surface area contributed by atoms with Crippen LogP contribution >= 0.6 is 0 Å². The topological polar surface area (TPSA) is 59.5 Å². The number of ether oxygens (including phenoxy) is 1. The molecule has 0 unspecified atom stereocenters. The number of halogens is 1. The fraction of sp³-hybridized carbons (Fsp3) is 0.176. The molecule has 2 heterocycles. The molecule has 2 aromatic rings. The van der Waals surface area contributed by atoms with Crippen LogP contribution in [-0.4, -0.2) is 28.3 Å². The first kappa shape index (κ1) is 15.1. The third-order valence-electron chi connectivity index (χ3n) is 3.49. The standard InChI is InChI=1S/C17H14FN2O3/c1-2-7-23-15-11(8-12(18)9-19-15)10-20-16(21)13-5-3-4-6-14(13)17(20)22/h2-6,8-9H,7,10H2,1H3. The van der Waals surface area contributed by atoms with Crippen molar-refractivity contribution in [1.82, 2.24) is 9.88 Å². The molecule has 5 nitrogen and oxygen atoms in total. The lowest BCUT2D eigenvalue weighted by molar-refractivity contribution is 0.0640. The molecule has 0 aliphatic carbocycles. The highest BCUT2D eigenvalue weighted by Gasteiger charge is 2.35. The molecule has 0 atom stereocenters. The zero-order chi connectivity index (χ0) is 16.4. The average Bonchev–Trinajstić information content (AvgIpc) is 2.80. The Hall–Kier alpha value is -2.76. The summed E-state index contributed by atoms with van der Waals surface area (Å²) < 4.78 is 18.9. The number of amides is 2. The van der Waals surface area contributed by atoms with Crippen molar-refractivity contribution in [1.29, 1.82) is 0 Å². The number of hydrogen-bond donors (Lipinski definition) is 0. The van der Waals surface area contributed by atoms with Gasteiger partial charge in [0.1, 0.15) is 5.82 Å². The quantitative estimate of drug-likeness (QED) is 0.796. The second kappa shape index (κ2) is 6.16. The largest absolute Gasteiger partial charge is 0.477 e. The van der Waals surface area contributed by atoms with Gasteiger partial charge in [0.2, 0.25) is 5.88 Å². The highest BCUT2D eigenvalue weighted by atomic mass is 19.1. The van der Waals surface area contributed by atoms with Gasteiger partial charge in [-0.3, -0.25) is 14.5 Å². The zero-order valence-electron chi connectivity index (χ0n) is 12.5. The minimum atomic E-state index is -0.551. The summed E-state index contributed by atoms with van der Waals surface area (Å²) in [4.78, 5) is 29.7.